The van der Waals surface area contributed by atoms with Crippen LogP contribution in [0.3, 0.4) is 0 Å². The van der Waals surface area contributed by atoms with Gasteiger partial charge in [-0.1, -0.05) is 12.1 Å². The zero-order chi connectivity index (χ0) is 18.8. The fourth-order valence-corrected chi connectivity index (χ4v) is 4.30. The molecule has 144 valence electrons. The van der Waals surface area contributed by atoms with E-state index in [0.29, 0.717) is 18.4 Å². The van der Waals surface area contributed by atoms with Gasteiger partial charge in [-0.25, -0.2) is 9.97 Å². The first-order valence-corrected chi connectivity index (χ1v) is 10.3. The summed E-state index contributed by atoms with van der Waals surface area (Å²) in [7, 11) is 0. The molecule has 5 rings (SSSR count). The Labute approximate surface area is 165 Å². The number of anilines is 1. The van der Waals surface area contributed by atoms with E-state index in [9.17, 15) is 0 Å². The van der Waals surface area contributed by atoms with Crippen LogP contribution in [0.4, 0.5) is 5.82 Å². The molecule has 3 heterocycles. The largest absolute Gasteiger partial charge is 0.476 e. The highest BCUT2D eigenvalue weighted by molar-refractivity contribution is 5.89. The number of aryl methyl sites for hydroxylation is 2. The van der Waals surface area contributed by atoms with Crippen molar-refractivity contribution in [1.82, 2.24) is 20.2 Å². The number of hydrogen-bond acceptors (Lipinski definition) is 6. The number of hydrogen-bond donors (Lipinski definition) is 0. The molecule has 0 bridgehead atoms. The van der Waals surface area contributed by atoms with E-state index >= 15 is 0 Å². The lowest BCUT2D eigenvalue weighted by molar-refractivity contribution is 0.213. The maximum absolute atomic E-state index is 6.00. The highest BCUT2D eigenvalue weighted by atomic mass is 16.5. The van der Waals surface area contributed by atoms with Gasteiger partial charge in [-0.05, 0) is 62.1 Å². The minimum absolute atomic E-state index is 0.544. The number of aromatic nitrogens is 4. The van der Waals surface area contributed by atoms with Crippen LogP contribution in [0, 0.1) is 5.92 Å². The summed E-state index contributed by atoms with van der Waals surface area (Å²) >= 11 is 0. The Bertz CT molecular complexity index is 963. The smallest absolute Gasteiger partial charge is 0.233 e. The van der Waals surface area contributed by atoms with Crippen molar-refractivity contribution >= 4 is 16.7 Å². The maximum Gasteiger partial charge on any atom is 0.233 e. The third-order valence-electron chi connectivity index (χ3n) is 5.95. The standard InChI is InChI=1S/C22H25N5O/c1-3-7-19-17(5-1)13-21(26-25-19)28-14-16-9-11-27(12-10-16)22-18-6-2-4-8-20(18)23-15-24-22/h2,4,6,8,13,15-16H,1,3,5,7,9-12,14H2. The second-order valence-corrected chi connectivity index (χ2v) is 7.82. The molecule has 3 aromatic rings. The van der Waals surface area contributed by atoms with Crippen LogP contribution in [0.25, 0.3) is 10.9 Å². The molecule has 2 aromatic heterocycles. The molecule has 0 spiro atoms. The molecule has 2 aliphatic rings. The summed E-state index contributed by atoms with van der Waals surface area (Å²) in [5.74, 6) is 2.28. The maximum atomic E-state index is 6.00. The van der Waals surface area contributed by atoms with E-state index in [4.69, 9.17) is 4.74 Å². The van der Waals surface area contributed by atoms with Gasteiger partial charge >= 0.3 is 0 Å². The quantitative estimate of drug-likeness (QED) is 0.694. The number of benzene rings is 1. The first-order valence-electron chi connectivity index (χ1n) is 10.3. The zero-order valence-electron chi connectivity index (χ0n) is 16.0. The van der Waals surface area contributed by atoms with Crippen molar-refractivity contribution in [3.63, 3.8) is 0 Å². The number of ether oxygens (including phenoxy) is 1. The van der Waals surface area contributed by atoms with Crippen LogP contribution in [-0.2, 0) is 12.8 Å². The average molecular weight is 375 g/mol. The van der Waals surface area contributed by atoms with Crippen molar-refractivity contribution < 1.29 is 4.74 Å². The SMILES string of the molecule is c1ccc2c(N3CCC(COc4cc5c(nn4)CCCC5)CC3)ncnc2c1. The van der Waals surface area contributed by atoms with Crippen LogP contribution in [0.1, 0.15) is 36.9 Å². The van der Waals surface area contributed by atoms with Crippen molar-refractivity contribution in [2.75, 3.05) is 24.6 Å². The van der Waals surface area contributed by atoms with Gasteiger partial charge in [-0.2, -0.15) is 5.10 Å². The Balaban J connectivity index is 1.19. The Morgan fingerprint density at radius 1 is 1.00 bits per heavy atom. The van der Waals surface area contributed by atoms with Crippen LogP contribution in [0.15, 0.2) is 36.7 Å². The second kappa shape index (κ2) is 7.70. The Morgan fingerprint density at radius 3 is 2.79 bits per heavy atom. The molecule has 0 atom stereocenters. The summed E-state index contributed by atoms with van der Waals surface area (Å²) in [6.45, 7) is 2.70. The lowest BCUT2D eigenvalue weighted by Gasteiger charge is -2.33. The molecule has 6 heteroatoms. The Hall–Kier alpha value is -2.76. The minimum atomic E-state index is 0.544. The van der Waals surface area contributed by atoms with Gasteiger partial charge in [0.05, 0.1) is 17.8 Å². The van der Waals surface area contributed by atoms with E-state index in [1.54, 1.807) is 6.33 Å². The molecule has 0 amide bonds. The van der Waals surface area contributed by atoms with Crippen LogP contribution < -0.4 is 9.64 Å². The summed E-state index contributed by atoms with van der Waals surface area (Å²) in [6, 6.07) is 10.3. The number of rotatable bonds is 4. The van der Waals surface area contributed by atoms with E-state index in [2.05, 4.69) is 43.3 Å². The van der Waals surface area contributed by atoms with E-state index in [1.807, 2.05) is 12.1 Å². The molecule has 0 N–H and O–H groups in total. The van der Waals surface area contributed by atoms with Gasteiger partial charge in [0.2, 0.25) is 5.88 Å². The summed E-state index contributed by atoms with van der Waals surface area (Å²) in [5.41, 5.74) is 3.48. The van der Waals surface area contributed by atoms with E-state index in [1.165, 1.54) is 18.4 Å². The van der Waals surface area contributed by atoms with Crippen molar-refractivity contribution in [1.29, 1.82) is 0 Å². The van der Waals surface area contributed by atoms with Crippen LogP contribution in [-0.4, -0.2) is 39.9 Å². The van der Waals surface area contributed by atoms with E-state index < -0.39 is 0 Å². The third-order valence-corrected chi connectivity index (χ3v) is 5.95. The number of para-hydroxylation sites is 1. The summed E-state index contributed by atoms with van der Waals surface area (Å²) in [5, 5.41) is 9.77. The monoisotopic (exact) mass is 375 g/mol. The normalized spacial score (nSPS) is 17.5. The molecule has 1 aliphatic carbocycles. The van der Waals surface area contributed by atoms with Crippen molar-refractivity contribution in [3.8, 4) is 5.88 Å². The number of piperidine rings is 1. The van der Waals surface area contributed by atoms with Gasteiger partial charge < -0.3 is 9.64 Å². The first-order chi connectivity index (χ1) is 13.9. The van der Waals surface area contributed by atoms with Crippen LogP contribution in [0.2, 0.25) is 0 Å². The molecule has 0 radical (unpaired) electrons. The highest BCUT2D eigenvalue weighted by Crippen LogP contribution is 2.28. The summed E-state index contributed by atoms with van der Waals surface area (Å²) < 4.78 is 6.00. The van der Waals surface area contributed by atoms with Gasteiger partial charge in [0, 0.05) is 24.5 Å². The molecule has 1 aromatic carbocycles. The lowest BCUT2D eigenvalue weighted by Crippen LogP contribution is -2.36. The van der Waals surface area contributed by atoms with Crippen LogP contribution in [0.5, 0.6) is 5.88 Å². The van der Waals surface area contributed by atoms with Gasteiger partial charge in [-0.15, -0.1) is 5.10 Å². The fourth-order valence-electron chi connectivity index (χ4n) is 4.30. The van der Waals surface area contributed by atoms with E-state index in [0.717, 1.165) is 61.2 Å². The van der Waals surface area contributed by atoms with Crippen molar-refractivity contribution in [2.24, 2.45) is 5.92 Å². The Kier molecular flexibility index (Phi) is 4.77. The predicted octanol–water partition coefficient (Wildman–Crippen LogP) is 3.59. The number of nitrogens with zero attached hydrogens (tertiary/aromatic N) is 5. The molecule has 28 heavy (non-hydrogen) atoms. The highest BCUT2D eigenvalue weighted by Gasteiger charge is 2.22. The molecule has 0 unspecified atom stereocenters. The lowest BCUT2D eigenvalue weighted by atomic mass is 9.97. The first kappa shape index (κ1) is 17.3. The molecular weight excluding hydrogens is 350 g/mol. The van der Waals surface area contributed by atoms with Crippen molar-refractivity contribution in [2.45, 2.75) is 38.5 Å². The summed E-state index contributed by atoms with van der Waals surface area (Å²) in [6.07, 6.45) is 8.48. The average Bonchev–Trinajstić information content (AvgIpc) is 2.77. The van der Waals surface area contributed by atoms with Crippen molar-refractivity contribution in [3.05, 3.63) is 47.9 Å². The van der Waals surface area contributed by atoms with E-state index in [-0.39, 0.29) is 0 Å². The molecule has 1 fully saturated rings. The molecule has 1 saturated heterocycles. The molecular formula is C22H25N5O. The van der Waals surface area contributed by atoms with Gasteiger partial charge in [0.25, 0.3) is 0 Å². The zero-order valence-corrected chi connectivity index (χ0v) is 16.0. The second-order valence-electron chi connectivity index (χ2n) is 7.82. The topological polar surface area (TPSA) is 64.0 Å². The third kappa shape index (κ3) is 3.51. The Morgan fingerprint density at radius 2 is 1.86 bits per heavy atom. The fraction of sp³-hybridized carbons (Fsp3) is 0.455. The van der Waals surface area contributed by atoms with Crippen LogP contribution >= 0.6 is 0 Å². The molecule has 1 aliphatic heterocycles. The van der Waals surface area contributed by atoms with Gasteiger partial charge in [0.1, 0.15) is 12.1 Å². The predicted molar refractivity (Wildman–Crippen MR) is 109 cm³/mol. The van der Waals surface area contributed by atoms with Gasteiger partial charge in [-0.3, -0.25) is 0 Å². The molecule has 6 nitrogen and oxygen atoms in total. The summed E-state index contributed by atoms with van der Waals surface area (Å²) in [4.78, 5) is 11.3. The minimum Gasteiger partial charge on any atom is -0.476 e. The molecule has 0 saturated carbocycles. The number of fused-ring (bicyclic) bond motifs is 2. The van der Waals surface area contributed by atoms with Gasteiger partial charge in [0.15, 0.2) is 0 Å².